The molecule has 0 saturated heterocycles. The average Bonchev–Trinajstić information content (AvgIpc) is 3.17. The van der Waals surface area contributed by atoms with Gasteiger partial charge in [0.05, 0.1) is 16.9 Å². The Bertz CT molecular complexity index is 1120. The Morgan fingerprint density at radius 3 is 2.54 bits per heavy atom. The molecule has 0 aliphatic rings. The van der Waals surface area contributed by atoms with Crippen molar-refractivity contribution in [3.05, 3.63) is 71.1 Å². The summed E-state index contributed by atoms with van der Waals surface area (Å²) in [6.07, 6.45) is 1.79. The maximum atomic E-state index is 6.23. The molecular formula is C21H19ClN6. The van der Waals surface area contributed by atoms with Gasteiger partial charge in [0, 0.05) is 22.7 Å². The van der Waals surface area contributed by atoms with Crippen LogP contribution in [0.5, 0.6) is 0 Å². The summed E-state index contributed by atoms with van der Waals surface area (Å²) in [6.45, 7) is 6.17. The maximum absolute atomic E-state index is 6.23. The summed E-state index contributed by atoms with van der Waals surface area (Å²) in [6, 6.07) is 15.6. The number of tetrazole rings is 1. The number of aryl methyl sites for hydroxylation is 1. The Morgan fingerprint density at radius 1 is 1.04 bits per heavy atom. The smallest absolute Gasteiger partial charge is 0.190 e. The molecular weight excluding hydrogens is 372 g/mol. The summed E-state index contributed by atoms with van der Waals surface area (Å²) >= 11 is 6.23. The van der Waals surface area contributed by atoms with Crippen LogP contribution in [0.15, 0.2) is 54.7 Å². The van der Waals surface area contributed by atoms with Gasteiger partial charge < -0.3 is 0 Å². The van der Waals surface area contributed by atoms with Crippen LogP contribution in [-0.2, 0) is 0 Å². The van der Waals surface area contributed by atoms with Gasteiger partial charge >= 0.3 is 0 Å². The van der Waals surface area contributed by atoms with Gasteiger partial charge in [-0.15, -0.1) is 5.10 Å². The van der Waals surface area contributed by atoms with E-state index in [0.29, 0.717) is 10.8 Å². The van der Waals surface area contributed by atoms with Gasteiger partial charge in [0.1, 0.15) is 5.82 Å². The van der Waals surface area contributed by atoms with Crippen molar-refractivity contribution in [2.45, 2.75) is 26.7 Å². The van der Waals surface area contributed by atoms with E-state index in [4.69, 9.17) is 16.6 Å². The van der Waals surface area contributed by atoms with Gasteiger partial charge in [-0.1, -0.05) is 55.3 Å². The highest BCUT2D eigenvalue weighted by Crippen LogP contribution is 2.32. The number of halogens is 1. The number of hydrogen-bond acceptors (Lipinski definition) is 5. The van der Waals surface area contributed by atoms with E-state index in [-0.39, 0.29) is 5.92 Å². The van der Waals surface area contributed by atoms with Crippen LogP contribution in [0.25, 0.3) is 28.3 Å². The van der Waals surface area contributed by atoms with Gasteiger partial charge in [0.25, 0.3) is 0 Å². The maximum Gasteiger partial charge on any atom is 0.190 e. The standard InChI is InChI=1S/C21H19ClN6/c1-13(2)20-23-12-18(19(24-20)15-5-4-6-16(22)11-15)21-25-26-27-28(21)17-9-7-14(3)8-10-17/h4-13H,1-3H3. The second-order valence-electron chi connectivity index (χ2n) is 6.91. The van der Waals surface area contributed by atoms with Crippen LogP contribution >= 0.6 is 11.6 Å². The fraction of sp³-hybridized carbons (Fsp3) is 0.190. The Hall–Kier alpha value is -3.12. The van der Waals surface area contributed by atoms with E-state index >= 15 is 0 Å². The molecule has 7 heteroatoms. The molecule has 2 aromatic heterocycles. The second-order valence-corrected chi connectivity index (χ2v) is 7.34. The largest absolute Gasteiger partial charge is 0.240 e. The zero-order chi connectivity index (χ0) is 19.7. The molecule has 0 saturated carbocycles. The molecule has 0 amide bonds. The van der Waals surface area contributed by atoms with E-state index in [9.17, 15) is 0 Å². The van der Waals surface area contributed by atoms with Gasteiger partial charge in [0.2, 0.25) is 0 Å². The van der Waals surface area contributed by atoms with Gasteiger partial charge in [-0.2, -0.15) is 4.68 Å². The highest BCUT2D eigenvalue weighted by Gasteiger charge is 2.19. The highest BCUT2D eigenvalue weighted by molar-refractivity contribution is 6.30. The molecule has 4 aromatic rings. The van der Waals surface area contributed by atoms with Crippen LogP contribution in [0.2, 0.25) is 5.02 Å². The normalized spacial score (nSPS) is 11.2. The lowest BCUT2D eigenvalue weighted by molar-refractivity contribution is 0.774. The molecule has 28 heavy (non-hydrogen) atoms. The zero-order valence-electron chi connectivity index (χ0n) is 15.8. The predicted octanol–water partition coefficient (Wildman–Crippen LogP) is 4.87. The lowest BCUT2D eigenvalue weighted by Crippen LogP contribution is -2.05. The van der Waals surface area contributed by atoms with Gasteiger partial charge in [-0.05, 0) is 41.6 Å². The van der Waals surface area contributed by atoms with Crippen molar-refractivity contribution in [1.82, 2.24) is 30.2 Å². The SMILES string of the molecule is Cc1ccc(-n2nnnc2-c2cnc(C(C)C)nc2-c2cccc(Cl)c2)cc1. The quantitative estimate of drug-likeness (QED) is 0.497. The van der Waals surface area contributed by atoms with Crippen molar-refractivity contribution in [2.75, 3.05) is 0 Å². The van der Waals surface area contributed by atoms with E-state index < -0.39 is 0 Å². The van der Waals surface area contributed by atoms with Crippen LogP contribution in [0.3, 0.4) is 0 Å². The van der Waals surface area contributed by atoms with Crippen molar-refractivity contribution in [2.24, 2.45) is 0 Å². The third kappa shape index (κ3) is 3.51. The molecule has 0 bridgehead atoms. The fourth-order valence-electron chi connectivity index (χ4n) is 2.91. The summed E-state index contributed by atoms with van der Waals surface area (Å²) in [5, 5.41) is 13.0. The second kappa shape index (κ2) is 7.48. The van der Waals surface area contributed by atoms with Crippen molar-refractivity contribution in [3.8, 4) is 28.3 Å². The van der Waals surface area contributed by atoms with Gasteiger partial charge in [-0.3, -0.25) is 0 Å². The van der Waals surface area contributed by atoms with E-state index in [2.05, 4.69) is 34.4 Å². The Morgan fingerprint density at radius 2 is 1.82 bits per heavy atom. The number of hydrogen-bond donors (Lipinski definition) is 0. The summed E-state index contributed by atoms with van der Waals surface area (Å²) in [5.41, 5.74) is 4.44. The van der Waals surface area contributed by atoms with Crippen molar-refractivity contribution < 1.29 is 0 Å². The lowest BCUT2D eigenvalue weighted by atomic mass is 10.1. The molecule has 0 aliphatic heterocycles. The first-order chi connectivity index (χ1) is 13.5. The number of nitrogens with zero attached hydrogens (tertiary/aromatic N) is 6. The van der Waals surface area contributed by atoms with E-state index in [0.717, 1.165) is 28.3 Å². The van der Waals surface area contributed by atoms with Crippen LogP contribution in [0, 0.1) is 6.92 Å². The number of aromatic nitrogens is 6. The molecule has 6 nitrogen and oxygen atoms in total. The minimum Gasteiger partial charge on any atom is -0.240 e. The molecule has 0 radical (unpaired) electrons. The van der Waals surface area contributed by atoms with Crippen molar-refractivity contribution in [3.63, 3.8) is 0 Å². The third-order valence-corrected chi connectivity index (χ3v) is 4.65. The Labute approximate surface area is 168 Å². The summed E-state index contributed by atoms with van der Waals surface area (Å²) in [7, 11) is 0. The molecule has 0 atom stereocenters. The Balaban J connectivity index is 1.92. The molecule has 0 N–H and O–H groups in total. The summed E-state index contributed by atoms with van der Waals surface area (Å²) in [5.74, 6) is 1.53. The molecule has 2 aromatic carbocycles. The topological polar surface area (TPSA) is 69.4 Å². The monoisotopic (exact) mass is 390 g/mol. The molecule has 0 unspecified atom stereocenters. The van der Waals surface area contributed by atoms with E-state index in [1.807, 2.05) is 55.5 Å². The molecule has 0 aliphatic carbocycles. The molecule has 4 rings (SSSR count). The first kappa shape index (κ1) is 18.3. The Kier molecular flexibility index (Phi) is 4.88. The molecule has 0 fully saturated rings. The molecule has 0 spiro atoms. The first-order valence-corrected chi connectivity index (χ1v) is 9.39. The molecule has 2 heterocycles. The minimum absolute atomic E-state index is 0.195. The fourth-order valence-corrected chi connectivity index (χ4v) is 3.10. The van der Waals surface area contributed by atoms with Crippen LogP contribution in [-0.4, -0.2) is 30.2 Å². The van der Waals surface area contributed by atoms with Gasteiger partial charge in [0.15, 0.2) is 5.82 Å². The highest BCUT2D eigenvalue weighted by atomic mass is 35.5. The van der Waals surface area contributed by atoms with Crippen molar-refractivity contribution in [1.29, 1.82) is 0 Å². The van der Waals surface area contributed by atoms with E-state index in [1.165, 1.54) is 5.56 Å². The van der Waals surface area contributed by atoms with Crippen LogP contribution in [0.4, 0.5) is 0 Å². The predicted molar refractivity (Wildman–Crippen MR) is 109 cm³/mol. The van der Waals surface area contributed by atoms with Gasteiger partial charge in [-0.25, -0.2) is 9.97 Å². The third-order valence-electron chi connectivity index (χ3n) is 4.41. The first-order valence-electron chi connectivity index (χ1n) is 9.01. The number of benzene rings is 2. The van der Waals surface area contributed by atoms with E-state index in [1.54, 1.807) is 10.9 Å². The summed E-state index contributed by atoms with van der Waals surface area (Å²) < 4.78 is 1.70. The average molecular weight is 391 g/mol. The minimum atomic E-state index is 0.195. The van der Waals surface area contributed by atoms with Crippen LogP contribution < -0.4 is 0 Å². The number of rotatable bonds is 4. The zero-order valence-corrected chi connectivity index (χ0v) is 16.6. The lowest BCUT2D eigenvalue weighted by Gasteiger charge is -2.12. The molecule has 140 valence electrons. The van der Waals surface area contributed by atoms with Crippen molar-refractivity contribution >= 4 is 11.6 Å². The summed E-state index contributed by atoms with van der Waals surface area (Å²) in [4.78, 5) is 9.35. The van der Waals surface area contributed by atoms with Crippen LogP contribution in [0.1, 0.15) is 31.2 Å².